The SMILES string of the molecule is C=C(C)C(=O)Oc1ccccc1CC(=O)O. The summed E-state index contributed by atoms with van der Waals surface area (Å²) in [6.07, 6.45) is -0.181. The molecule has 0 radical (unpaired) electrons. The van der Waals surface area contributed by atoms with E-state index >= 15 is 0 Å². The van der Waals surface area contributed by atoms with Crippen molar-refractivity contribution < 1.29 is 19.4 Å². The zero-order valence-corrected chi connectivity index (χ0v) is 8.90. The number of carboxylic acids is 1. The van der Waals surface area contributed by atoms with Crippen LogP contribution >= 0.6 is 0 Å². The van der Waals surface area contributed by atoms with Gasteiger partial charge in [-0.15, -0.1) is 0 Å². The lowest BCUT2D eigenvalue weighted by Crippen LogP contribution is -2.11. The van der Waals surface area contributed by atoms with Gasteiger partial charge in [-0.3, -0.25) is 4.79 Å². The predicted molar refractivity (Wildman–Crippen MR) is 58.2 cm³/mol. The minimum Gasteiger partial charge on any atom is -0.481 e. The lowest BCUT2D eigenvalue weighted by molar-refractivity contribution is -0.136. The Labute approximate surface area is 93.2 Å². The zero-order valence-electron chi connectivity index (χ0n) is 8.90. The normalized spacial score (nSPS) is 9.56. The van der Waals surface area contributed by atoms with Gasteiger partial charge in [0.1, 0.15) is 5.75 Å². The Morgan fingerprint density at radius 3 is 2.56 bits per heavy atom. The van der Waals surface area contributed by atoms with Crippen molar-refractivity contribution in [1.82, 2.24) is 0 Å². The number of carboxylic acid groups (broad SMARTS) is 1. The van der Waals surface area contributed by atoms with E-state index in [9.17, 15) is 9.59 Å². The van der Waals surface area contributed by atoms with E-state index in [1.165, 1.54) is 6.92 Å². The van der Waals surface area contributed by atoms with Gasteiger partial charge in [-0.1, -0.05) is 24.8 Å². The molecule has 4 nitrogen and oxygen atoms in total. The maximum atomic E-state index is 11.3. The third kappa shape index (κ3) is 3.24. The number of rotatable bonds is 4. The molecular weight excluding hydrogens is 208 g/mol. The van der Waals surface area contributed by atoms with Crippen molar-refractivity contribution >= 4 is 11.9 Å². The molecule has 0 heterocycles. The van der Waals surface area contributed by atoms with Gasteiger partial charge in [-0.05, 0) is 13.0 Å². The number of carbonyl (C=O) groups excluding carboxylic acids is 1. The molecule has 84 valence electrons. The van der Waals surface area contributed by atoms with E-state index in [0.29, 0.717) is 5.56 Å². The van der Waals surface area contributed by atoms with Crippen LogP contribution in [0.25, 0.3) is 0 Å². The summed E-state index contributed by atoms with van der Waals surface area (Å²) in [5, 5.41) is 8.68. The molecule has 0 fully saturated rings. The average molecular weight is 220 g/mol. The fourth-order valence-electron chi connectivity index (χ4n) is 1.10. The maximum Gasteiger partial charge on any atom is 0.338 e. The molecule has 0 amide bonds. The number of hydrogen-bond donors (Lipinski definition) is 1. The number of esters is 1. The Morgan fingerprint density at radius 2 is 2.00 bits per heavy atom. The molecule has 0 saturated carbocycles. The van der Waals surface area contributed by atoms with E-state index in [-0.39, 0.29) is 17.7 Å². The van der Waals surface area contributed by atoms with E-state index < -0.39 is 11.9 Å². The largest absolute Gasteiger partial charge is 0.481 e. The summed E-state index contributed by atoms with van der Waals surface area (Å²) in [7, 11) is 0. The quantitative estimate of drug-likeness (QED) is 0.477. The van der Waals surface area contributed by atoms with Crippen LogP contribution in [0.4, 0.5) is 0 Å². The van der Waals surface area contributed by atoms with Crippen LogP contribution in [0, 0.1) is 0 Å². The third-order valence-electron chi connectivity index (χ3n) is 1.87. The monoisotopic (exact) mass is 220 g/mol. The summed E-state index contributed by atoms with van der Waals surface area (Å²) in [4.78, 5) is 21.9. The van der Waals surface area contributed by atoms with Gasteiger partial charge in [0.25, 0.3) is 0 Å². The molecule has 4 heteroatoms. The molecule has 0 unspecified atom stereocenters. The fourth-order valence-corrected chi connectivity index (χ4v) is 1.10. The standard InChI is InChI=1S/C12H12O4/c1-8(2)12(15)16-10-6-4-3-5-9(10)7-11(13)14/h3-6H,1,7H2,2H3,(H,13,14). The van der Waals surface area contributed by atoms with Crippen molar-refractivity contribution in [1.29, 1.82) is 0 Å². The summed E-state index contributed by atoms with van der Waals surface area (Å²) in [6, 6.07) is 6.52. The lowest BCUT2D eigenvalue weighted by atomic mass is 10.1. The van der Waals surface area contributed by atoms with Gasteiger partial charge in [0.15, 0.2) is 0 Å². The van der Waals surface area contributed by atoms with Crippen LogP contribution in [0.15, 0.2) is 36.4 Å². The molecular formula is C12H12O4. The van der Waals surface area contributed by atoms with E-state index in [1.807, 2.05) is 0 Å². The van der Waals surface area contributed by atoms with Gasteiger partial charge in [0.05, 0.1) is 6.42 Å². The van der Waals surface area contributed by atoms with Gasteiger partial charge in [0, 0.05) is 11.1 Å². The highest BCUT2D eigenvalue weighted by Crippen LogP contribution is 2.19. The van der Waals surface area contributed by atoms with Crippen LogP contribution in [-0.4, -0.2) is 17.0 Å². The Hall–Kier alpha value is -2.10. The van der Waals surface area contributed by atoms with Crippen molar-refractivity contribution in [3.63, 3.8) is 0 Å². The van der Waals surface area contributed by atoms with Crippen LogP contribution in [0.3, 0.4) is 0 Å². The van der Waals surface area contributed by atoms with E-state index in [2.05, 4.69) is 6.58 Å². The summed E-state index contributed by atoms with van der Waals surface area (Å²) >= 11 is 0. The molecule has 16 heavy (non-hydrogen) atoms. The first-order valence-electron chi connectivity index (χ1n) is 4.68. The minimum absolute atomic E-state index is 0.181. The summed E-state index contributed by atoms with van der Waals surface area (Å²) in [6.45, 7) is 4.98. The van der Waals surface area contributed by atoms with Crippen molar-refractivity contribution in [3.05, 3.63) is 42.0 Å². The smallest absolute Gasteiger partial charge is 0.338 e. The Bertz CT molecular complexity index is 434. The fraction of sp³-hybridized carbons (Fsp3) is 0.167. The first-order chi connectivity index (χ1) is 7.50. The molecule has 1 aromatic rings. The molecule has 0 saturated heterocycles. The van der Waals surface area contributed by atoms with Crippen molar-refractivity contribution in [2.45, 2.75) is 13.3 Å². The van der Waals surface area contributed by atoms with Gasteiger partial charge in [-0.2, -0.15) is 0 Å². The summed E-state index contributed by atoms with van der Waals surface area (Å²) in [5.41, 5.74) is 0.731. The molecule has 0 aliphatic carbocycles. The molecule has 0 aromatic heterocycles. The number of aliphatic carboxylic acids is 1. The molecule has 1 rings (SSSR count). The van der Waals surface area contributed by atoms with Crippen molar-refractivity contribution in [2.24, 2.45) is 0 Å². The topological polar surface area (TPSA) is 63.6 Å². The number of carbonyl (C=O) groups is 2. The van der Waals surface area contributed by atoms with E-state index in [4.69, 9.17) is 9.84 Å². The number of hydrogen-bond acceptors (Lipinski definition) is 3. The Morgan fingerprint density at radius 1 is 1.38 bits per heavy atom. The minimum atomic E-state index is -0.973. The second kappa shape index (κ2) is 5.11. The highest BCUT2D eigenvalue weighted by atomic mass is 16.5. The highest BCUT2D eigenvalue weighted by molar-refractivity contribution is 5.89. The summed E-state index contributed by atoms with van der Waals surface area (Å²) in [5.74, 6) is -1.27. The van der Waals surface area contributed by atoms with Crippen LogP contribution in [0.1, 0.15) is 12.5 Å². The highest BCUT2D eigenvalue weighted by Gasteiger charge is 2.11. The zero-order chi connectivity index (χ0) is 12.1. The second-order valence-electron chi connectivity index (χ2n) is 3.35. The van der Waals surface area contributed by atoms with Crippen molar-refractivity contribution in [3.8, 4) is 5.75 Å². The molecule has 0 bridgehead atoms. The van der Waals surface area contributed by atoms with Crippen LogP contribution in [-0.2, 0) is 16.0 Å². The van der Waals surface area contributed by atoms with Gasteiger partial charge in [-0.25, -0.2) is 4.79 Å². The van der Waals surface area contributed by atoms with Gasteiger partial charge < -0.3 is 9.84 Å². The van der Waals surface area contributed by atoms with Gasteiger partial charge in [0.2, 0.25) is 0 Å². The maximum absolute atomic E-state index is 11.3. The van der Waals surface area contributed by atoms with Crippen LogP contribution in [0.5, 0.6) is 5.75 Å². The van der Waals surface area contributed by atoms with Gasteiger partial charge >= 0.3 is 11.9 Å². The van der Waals surface area contributed by atoms with Crippen LogP contribution < -0.4 is 4.74 Å². The number of ether oxygens (including phenoxy) is 1. The average Bonchev–Trinajstić information content (AvgIpc) is 2.20. The predicted octanol–water partition coefficient (Wildman–Crippen LogP) is 1.80. The van der Waals surface area contributed by atoms with E-state index in [0.717, 1.165) is 0 Å². The molecule has 0 atom stereocenters. The Balaban J connectivity index is 2.90. The Kier molecular flexibility index (Phi) is 3.83. The second-order valence-corrected chi connectivity index (χ2v) is 3.35. The lowest BCUT2D eigenvalue weighted by Gasteiger charge is -2.07. The molecule has 0 aliphatic heterocycles. The first-order valence-corrected chi connectivity index (χ1v) is 4.68. The van der Waals surface area contributed by atoms with Crippen LogP contribution in [0.2, 0.25) is 0 Å². The van der Waals surface area contributed by atoms with E-state index in [1.54, 1.807) is 24.3 Å². The molecule has 1 N–H and O–H groups in total. The number of benzene rings is 1. The molecule has 1 aromatic carbocycles. The first kappa shape index (κ1) is 12.0. The summed E-state index contributed by atoms with van der Waals surface area (Å²) < 4.78 is 5.01. The molecule has 0 spiro atoms. The molecule has 0 aliphatic rings. The third-order valence-corrected chi connectivity index (χ3v) is 1.87. The van der Waals surface area contributed by atoms with Crippen molar-refractivity contribution in [2.75, 3.05) is 0 Å². The number of para-hydroxylation sites is 1.